The number of pyridine rings is 2. The summed E-state index contributed by atoms with van der Waals surface area (Å²) in [5.74, 6) is 1.30. The fraction of sp³-hybridized carbons (Fsp3) is 0.118. The van der Waals surface area contributed by atoms with Crippen molar-refractivity contribution in [3.8, 4) is 5.82 Å². The van der Waals surface area contributed by atoms with E-state index in [1.165, 1.54) is 0 Å². The van der Waals surface area contributed by atoms with Crippen molar-refractivity contribution in [2.24, 2.45) is 0 Å². The zero-order valence-electron chi connectivity index (χ0n) is 13.3. The molecule has 4 rings (SSSR count). The molecule has 4 aromatic rings. The normalized spacial score (nSPS) is 10.9. The summed E-state index contributed by atoms with van der Waals surface area (Å²) in [4.78, 5) is 20.6. The first-order valence-corrected chi connectivity index (χ1v) is 7.82. The van der Waals surface area contributed by atoms with Crippen LogP contribution in [0, 0.1) is 0 Å². The van der Waals surface area contributed by atoms with E-state index < -0.39 is 0 Å². The number of imidazole rings is 1. The Morgan fingerprint density at radius 1 is 1.12 bits per heavy atom. The van der Waals surface area contributed by atoms with Gasteiger partial charge in [-0.3, -0.25) is 13.8 Å². The fourth-order valence-corrected chi connectivity index (χ4v) is 2.55. The molecule has 1 N–H and O–H groups in total. The minimum Gasteiger partial charge on any atom is -0.352 e. The van der Waals surface area contributed by atoms with Crippen molar-refractivity contribution in [1.29, 1.82) is 0 Å². The highest BCUT2D eigenvalue weighted by molar-refractivity contribution is 5.94. The maximum absolute atomic E-state index is 12.4. The lowest BCUT2D eigenvalue weighted by molar-refractivity contribution is 0.0954. The number of hydrogen-bond donors (Lipinski definition) is 1. The molecule has 0 aliphatic heterocycles. The van der Waals surface area contributed by atoms with E-state index in [9.17, 15) is 4.79 Å². The van der Waals surface area contributed by atoms with Crippen LogP contribution in [0.1, 0.15) is 16.2 Å². The third-order valence-electron chi connectivity index (χ3n) is 3.80. The van der Waals surface area contributed by atoms with Gasteiger partial charge in [0.15, 0.2) is 5.65 Å². The summed E-state index contributed by atoms with van der Waals surface area (Å²) < 4.78 is 3.66. The molecule has 4 aromatic heterocycles. The highest BCUT2D eigenvalue weighted by atomic mass is 16.1. The molecule has 0 fully saturated rings. The number of nitrogens with one attached hydrogen (secondary N) is 1. The van der Waals surface area contributed by atoms with Crippen molar-refractivity contribution < 1.29 is 4.79 Å². The summed E-state index contributed by atoms with van der Waals surface area (Å²) in [5, 5.41) is 11.2. The average Bonchev–Trinajstić information content (AvgIpc) is 3.32. The number of nitrogens with zero attached hydrogens (tertiary/aromatic N) is 6. The van der Waals surface area contributed by atoms with Crippen LogP contribution in [0.15, 0.2) is 61.4 Å². The van der Waals surface area contributed by atoms with Crippen molar-refractivity contribution in [3.63, 3.8) is 0 Å². The lowest BCUT2D eigenvalue weighted by Gasteiger charge is -2.06. The molecule has 8 heteroatoms. The predicted molar refractivity (Wildman–Crippen MR) is 90.4 cm³/mol. The smallest absolute Gasteiger partial charge is 0.251 e. The topological polar surface area (TPSA) is 90.0 Å². The first kappa shape index (κ1) is 15.0. The number of aromatic nitrogens is 6. The van der Waals surface area contributed by atoms with Crippen LogP contribution in [0.5, 0.6) is 0 Å². The van der Waals surface area contributed by atoms with E-state index in [2.05, 4.69) is 25.5 Å². The van der Waals surface area contributed by atoms with Gasteiger partial charge in [0, 0.05) is 43.3 Å². The quantitative estimate of drug-likeness (QED) is 0.594. The molecule has 0 unspecified atom stereocenters. The largest absolute Gasteiger partial charge is 0.352 e. The summed E-state index contributed by atoms with van der Waals surface area (Å²) in [6, 6.07) is 9.14. The summed E-state index contributed by atoms with van der Waals surface area (Å²) in [7, 11) is 0. The Morgan fingerprint density at radius 2 is 2.08 bits per heavy atom. The first-order chi connectivity index (χ1) is 12.3. The third-order valence-corrected chi connectivity index (χ3v) is 3.80. The zero-order valence-corrected chi connectivity index (χ0v) is 13.3. The van der Waals surface area contributed by atoms with E-state index in [4.69, 9.17) is 0 Å². The average molecular weight is 333 g/mol. The van der Waals surface area contributed by atoms with Crippen LogP contribution >= 0.6 is 0 Å². The number of fused-ring (bicyclic) bond motifs is 1. The van der Waals surface area contributed by atoms with Gasteiger partial charge in [0.05, 0.1) is 0 Å². The Labute approximate surface area is 143 Å². The van der Waals surface area contributed by atoms with Gasteiger partial charge in [-0.15, -0.1) is 10.2 Å². The molecule has 0 radical (unpaired) electrons. The van der Waals surface area contributed by atoms with Crippen LogP contribution in [0.3, 0.4) is 0 Å². The predicted octanol–water partition coefficient (Wildman–Crippen LogP) is 1.28. The van der Waals surface area contributed by atoms with Crippen LogP contribution in [-0.2, 0) is 6.42 Å². The number of carbonyl (C=O) groups is 1. The molecule has 0 bridgehead atoms. The minimum atomic E-state index is -0.155. The fourth-order valence-electron chi connectivity index (χ4n) is 2.55. The van der Waals surface area contributed by atoms with Crippen molar-refractivity contribution in [2.45, 2.75) is 6.42 Å². The third kappa shape index (κ3) is 3.09. The maximum Gasteiger partial charge on any atom is 0.251 e. The van der Waals surface area contributed by atoms with E-state index in [1.807, 2.05) is 28.8 Å². The van der Waals surface area contributed by atoms with Gasteiger partial charge in [-0.05, 0) is 24.3 Å². The highest BCUT2D eigenvalue weighted by Crippen LogP contribution is 2.07. The summed E-state index contributed by atoms with van der Waals surface area (Å²) >= 11 is 0. The lowest BCUT2D eigenvalue weighted by Crippen LogP contribution is -2.26. The Hall–Kier alpha value is -3.55. The van der Waals surface area contributed by atoms with Gasteiger partial charge in [0.1, 0.15) is 18.0 Å². The van der Waals surface area contributed by atoms with E-state index in [0.717, 1.165) is 11.5 Å². The van der Waals surface area contributed by atoms with Gasteiger partial charge in [0.2, 0.25) is 0 Å². The summed E-state index contributed by atoms with van der Waals surface area (Å²) in [5.41, 5.74) is 1.34. The second-order valence-corrected chi connectivity index (χ2v) is 5.42. The van der Waals surface area contributed by atoms with Crippen molar-refractivity contribution in [2.75, 3.05) is 6.54 Å². The second kappa shape index (κ2) is 6.52. The van der Waals surface area contributed by atoms with Gasteiger partial charge in [-0.2, -0.15) is 0 Å². The van der Waals surface area contributed by atoms with E-state index in [0.29, 0.717) is 24.3 Å². The number of rotatable bonds is 5. The Kier molecular flexibility index (Phi) is 3.91. The van der Waals surface area contributed by atoms with Crippen LogP contribution in [-0.4, -0.2) is 41.6 Å². The number of hydrogen-bond acceptors (Lipinski definition) is 5. The monoisotopic (exact) mass is 333 g/mol. The maximum atomic E-state index is 12.4. The lowest BCUT2D eigenvalue weighted by atomic mass is 10.2. The molecule has 0 spiro atoms. The number of carbonyl (C=O) groups excluding carboxylic acids is 1. The molecule has 1 amide bonds. The molecule has 0 aliphatic rings. The molecule has 8 nitrogen and oxygen atoms in total. The van der Waals surface area contributed by atoms with Crippen LogP contribution in [0.25, 0.3) is 11.5 Å². The standard InChI is InChI=1S/C17H15N7O/c25-17(13-4-6-19-16(11-13)23-10-8-18-12-23)20-7-5-15-22-21-14-3-1-2-9-24(14)15/h1-4,6,8-12H,5,7H2,(H,20,25). The van der Waals surface area contributed by atoms with Crippen LogP contribution < -0.4 is 5.32 Å². The SMILES string of the molecule is O=C(NCCc1nnc2ccccn12)c1ccnc(-n2ccnc2)c1. The van der Waals surface area contributed by atoms with Gasteiger partial charge >= 0.3 is 0 Å². The molecule has 0 atom stereocenters. The molecular weight excluding hydrogens is 318 g/mol. The summed E-state index contributed by atoms with van der Waals surface area (Å²) in [6.45, 7) is 0.469. The molecule has 0 aromatic carbocycles. The second-order valence-electron chi connectivity index (χ2n) is 5.42. The van der Waals surface area contributed by atoms with Gasteiger partial charge in [-0.1, -0.05) is 6.07 Å². The highest BCUT2D eigenvalue weighted by Gasteiger charge is 2.09. The van der Waals surface area contributed by atoms with Crippen molar-refractivity contribution in [3.05, 3.63) is 72.8 Å². The Bertz CT molecular complexity index is 1010. The molecular formula is C17H15N7O. The Morgan fingerprint density at radius 3 is 2.96 bits per heavy atom. The molecule has 0 aliphatic carbocycles. The van der Waals surface area contributed by atoms with E-state index >= 15 is 0 Å². The van der Waals surface area contributed by atoms with Gasteiger partial charge in [0.25, 0.3) is 5.91 Å². The molecule has 25 heavy (non-hydrogen) atoms. The van der Waals surface area contributed by atoms with Crippen LogP contribution in [0.2, 0.25) is 0 Å². The minimum absolute atomic E-state index is 0.155. The number of amides is 1. The molecule has 124 valence electrons. The van der Waals surface area contributed by atoms with Crippen LogP contribution in [0.4, 0.5) is 0 Å². The zero-order chi connectivity index (χ0) is 17.1. The molecule has 4 heterocycles. The van der Waals surface area contributed by atoms with E-state index in [1.54, 1.807) is 41.6 Å². The van der Waals surface area contributed by atoms with Crippen molar-refractivity contribution in [1.82, 2.24) is 34.4 Å². The first-order valence-electron chi connectivity index (χ1n) is 7.82. The Balaban J connectivity index is 1.42. The molecule has 0 saturated heterocycles. The summed E-state index contributed by atoms with van der Waals surface area (Å²) in [6.07, 6.45) is 9.19. The van der Waals surface area contributed by atoms with Gasteiger partial charge in [-0.25, -0.2) is 9.97 Å². The molecule has 0 saturated carbocycles. The van der Waals surface area contributed by atoms with E-state index in [-0.39, 0.29) is 5.91 Å². The van der Waals surface area contributed by atoms with Gasteiger partial charge < -0.3 is 5.32 Å². The van der Waals surface area contributed by atoms with Crippen molar-refractivity contribution >= 4 is 11.6 Å².